The summed E-state index contributed by atoms with van der Waals surface area (Å²) in [5.41, 5.74) is 1.33. The van der Waals surface area contributed by atoms with Crippen LogP contribution in [0.25, 0.3) is 11.1 Å². The first kappa shape index (κ1) is 13.4. The number of nitrogens with zero attached hydrogens (tertiary/aromatic N) is 1. The van der Waals surface area contributed by atoms with Gasteiger partial charge < -0.3 is 19.6 Å². The van der Waals surface area contributed by atoms with Crippen LogP contribution in [0.2, 0.25) is 0 Å². The summed E-state index contributed by atoms with van der Waals surface area (Å²) in [6, 6.07) is 6.78. The number of carbonyl (C=O) groups is 1. The van der Waals surface area contributed by atoms with Gasteiger partial charge in [0.25, 0.3) is 6.01 Å². The molecule has 1 heterocycles. The normalized spacial score (nSPS) is 12.5. The fraction of sp³-hybridized carbons (Fsp3) is 0.385. The van der Waals surface area contributed by atoms with Gasteiger partial charge in [0, 0.05) is 13.7 Å². The second-order valence-corrected chi connectivity index (χ2v) is 4.16. The van der Waals surface area contributed by atoms with Crippen LogP contribution in [-0.4, -0.2) is 35.8 Å². The molecule has 0 saturated carbocycles. The van der Waals surface area contributed by atoms with Crippen LogP contribution < -0.4 is 5.32 Å². The fourth-order valence-electron chi connectivity index (χ4n) is 1.77. The number of benzene rings is 1. The largest absolute Gasteiger partial charge is 0.480 e. The van der Waals surface area contributed by atoms with Gasteiger partial charge in [0.2, 0.25) is 0 Å². The molecule has 0 radical (unpaired) electrons. The Bertz CT molecular complexity index is 519. The van der Waals surface area contributed by atoms with Crippen LogP contribution in [0.15, 0.2) is 28.7 Å². The molecule has 1 aromatic carbocycles. The maximum Gasteiger partial charge on any atom is 0.326 e. The lowest BCUT2D eigenvalue weighted by molar-refractivity contribution is -0.138. The van der Waals surface area contributed by atoms with Crippen molar-refractivity contribution in [2.45, 2.75) is 18.9 Å². The third-order valence-electron chi connectivity index (χ3n) is 2.73. The Morgan fingerprint density at radius 1 is 1.53 bits per heavy atom. The Hall–Kier alpha value is -2.08. The highest BCUT2D eigenvalue weighted by Crippen LogP contribution is 2.19. The van der Waals surface area contributed by atoms with Gasteiger partial charge in [-0.05, 0) is 25.0 Å². The second kappa shape index (κ2) is 6.19. The average molecular weight is 264 g/mol. The van der Waals surface area contributed by atoms with Crippen LogP contribution in [-0.2, 0) is 9.53 Å². The van der Waals surface area contributed by atoms with Crippen molar-refractivity contribution in [3.05, 3.63) is 24.3 Å². The smallest absolute Gasteiger partial charge is 0.326 e. The monoisotopic (exact) mass is 264 g/mol. The standard InChI is InChI=1S/C13H16N2O4/c1-18-8-4-6-10(12(16)17)15-13-14-9-5-2-3-7-11(9)19-13/h2-3,5,7,10H,4,6,8H2,1H3,(H,14,15)(H,16,17). The Kier molecular flexibility index (Phi) is 4.35. The van der Waals surface area contributed by atoms with E-state index in [0.29, 0.717) is 30.5 Å². The third-order valence-corrected chi connectivity index (χ3v) is 2.73. The zero-order chi connectivity index (χ0) is 13.7. The van der Waals surface area contributed by atoms with Crippen LogP contribution in [0.1, 0.15) is 12.8 Å². The quantitative estimate of drug-likeness (QED) is 0.745. The van der Waals surface area contributed by atoms with Gasteiger partial charge in [0.15, 0.2) is 5.58 Å². The van der Waals surface area contributed by atoms with Crippen molar-refractivity contribution in [1.82, 2.24) is 4.98 Å². The SMILES string of the molecule is COCCCC(Nc1nc2ccccc2o1)C(=O)O. The summed E-state index contributed by atoms with van der Waals surface area (Å²) in [5, 5.41) is 11.9. The molecule has 1 aromatic heterocycles. The van der Waals surface area contributed by atoms with E-state index in [0.717, 1.165) is 0 Å². The highest BCUT2D eigenvalue weighted by atomic mass is 16.5. The Morgan fingerprint density at radius 3 is 3.00 bits per heavy atom. The van der Waals surface area contributed by atoms with E-state index in [1.54, 1.807) is 13.2 Å². The molecule has 2 N–H and O–H groups in total. The molecular weight excluding hydrogens is 248 g/mol. The van der Waals surface area contributed by atoms with Crippen molar-refractivity contribution < 1.29 is 19.1 Å². The van der Waals surface area contributed by atoms with Crippen LogP contribution >= 0.6 is 0 Å². The molecule has 0 bridgehead atoms. The minimum Gasteiger partial charge on any atom is -0.480 e. The number of hydrogen-bond acceptors (Lipinski definition) is 5. The highest BCUT2D eigenvalue weighted by Gasteiger charge is 2.19. The Labute approximate surface area is 110 Å². The van der Waals surface area contributed by atoms with Crippen molar-refractivity contribution in [3.8, 4) is 0 Å². The minimum atomic E-state index is -0.932. The van der Waals surface area contributed by atoms with E-state index in [2.05, 4.69) is 10.3 Å². The molecule has 0 saturated heterocycles. The summed E-state index contributed by atoms with van der Waals surface area (Å²) in [7, 11) is 1.59. The third kappa shape index (κ3) is 3.45. The number of rotatable bonds is 7. The van der Waals surface area contributed by atoms with Gasteiger partial charge in [-0.25, -0.2) is 4.79 Å². The molecule has 6 nitrogen and oxygen atoms in total. The van der Waals surface area contributed by atoms with E-state index >= 15 is 0 Å². The van der Waals surface area contributed by atoms with Gasteiger partial charge in [-0.3, -0.25) is 0 Å². The molecule has 2 aromatic rings. The molecule has 6 heteroatoms. The maximum absolute atomic E-state index is 11.1. The molecular formula is C13H16N2O4. The summed E-state index contributed by atoms with van der Waals surface area (Å²) in [6.07, 6.45) is 1.10. The summed E-state index contributed by atoms with van der Waals surface area (Å²) in [4.78, 5) is 15.3. The van der Waals surface area contributed by atoms with Gasteiger partial charge >= 0.3 is 5.97 Å². The Balaban J connectivity index is 2.05. The summed E-state index contributed by atoms with van der Waals surface area (Å²) < 4.78 is 10.3. The number of anilines is 1. The lowest BCUT2D eigenvalue weighted by Crippen LogP contribution is -2.29. The Morgan fingerprint density at radius 2 is 2.32 bits per heavy atom. The number of ether oxygens (including phenoxy) is 1. The van der Waals surface area contributed by atoms with Crippen molar-refractivity contribution in [2.24, 2.45) is 0 Å². The molecule has 0 fully saturated rings. The summed E-state index contributed by atoms with van der Waals surface area (Å²) >= 11 is 0. The predicted octanol–water partition coefficient (Wildman–Crippen LogP) is 2.12. The number of nitrogens with one attached hydrogen (secondary N) is 1. The predicted molar refractivity (Wildman–Crippen MR) is 70.2 cm³/mol. The number of methoxy groups -OCH3 is 1. The first-order chi connectivity index (χ1) is 9.20. The van der Waals surface area contributed by atoms with Gasteiger partial charge in [0.05, 0.1) is 0 Å². The van der Waals surface area contributed by atoms with E-state index < -0.39 is 12.0 Å². The first-order valence-electron chi connectivity index (χ1n) is 6.04. The maximum atomic E-state index is 11.1. The van der Waals surface area contributed by atoms with Crippen LogP contribution in [0.3, 0.4) is 0 Å². The number of aliphatic carboxylic acids is 1. The number of carboxylic acid groups (broad SMARTS) is 1. The molecule has 1 atom stereocenters. The number of fused-ring (bicyclic) bond motifs is 1. The summed E-state index contributed by atoms with van der Waals surface area (Å²) in [5.74, 6) is -0.932. The van der Waals surface area contributed by atoms with E-state index in [9.17, 15) is 4.79 Å². The van der Waals surface area contributed by atoms with Crippen LogP contribution in [0.5, 0.6) is 0 Å². The number of hydrogen-bond donors (Lipinski definition) is 2. The number of para-hydroxylation sites is 2. The van der Waals surface area contributed by atoms with Crippen molar-refractivity contribution >= 4 is 23.1 Å². The van der Waals surface area contributed by atoms with Crippen molar-refractivity contribution in [2.75, 3.05) is 19.0 Å². The molecule has 0 aliphatic rings. The van der Waals surface area contributed by atoms with Crippen LogP contribution in [0, 0.1) is 0 Å². The molecule has 19 heavy (non-hydrogen) atoms. The minimum absolute atomic E-state index is 0.228. The fourth-order valence-corrected chi connectivity index (χ4v) is 1.77. The van der Waals surface area contributed by atoms with Crippen molar-refractivity contribution in [3.63, 3.8) is 0 Å². The van der Waals surface area contributed by atoms with E-state index in [4.69, 9.17) is 14.3 Å². The number of oxazole rings is 1. The highest BCUT2D eigenvalue weighted by molar-refractivity contribution is 5.78. The number of carboxylic acids is 1. The number of aromatic nitrogens is 1. The van der Waals surface area contributed by atoms with Gasteiger partial charge in [0.1, 0.15) is 11.6 Å². The van der Waals surface area contributed by atoms with Gasteiger partial charge in [-0.1, -0.05) is 12.1 Å². The van der Waals surface area contributed by atoms with E-state index in [1.807, 2.05) is 18.2 Å². The summed E-state index contributed by atoms with van der Waals surface area (Å²) in [6.45, 7) is 0.527. The first-order valence-corrected chi connectivity index (χ1v) is 6.04. The second-order valence-electron chi connectivity index (χ2n) is 4.16. The molecule has 2 rings (SSSR count). The molecule has 102 valence electrons. The lowest BCUT2D eigenvalue weighted by Gasteiger charge is -2.12. The zero-order valence-electron chi connectivity index (χ0n) is 10.6. The molecule has 1 unspecified atom stereocenters. The molecule has 0 aliphatic carbocycles. The molecule has 0 aliphatic heterocycles. The topological polar surface area (TPSA) is 84.6 Å². The van der Waals surface area contributed by atoms with Crippen molar-refractivity contribution in [1.29, 1.82) is 0 Å². The zero-order valence-corrected chi connectivity index (χ0v) is 10.6. The molecule has 0 spiro atoms. The lowest BCUT2D eigenvalue weighted by atomic mass is 10.1. The van der Waals surface area contributed by atoms with Gasteiger partial charge in [-0.15, -0.1) is 0 Å². The van der Waals surface area contributed by atoms with E-state index in [1.165, 1.54) is 0 Å². The molecule has 0 amide bonds. The van der Waals surface area contributed by atoms with Crippen LogP contribution in [0.4, 0.5) is 6.01 Å². The average Bonchev–Trinajstić information content (AvgIpc) is 2.80. The van der Waals surface area contributed by atoms with Gasteiger partial charge in [-0.2, -0.15) is 4.98 Å². The van der Waals surface area contributed by atoms with E-state index in [-0.39, 0.29) is 6.01 Å².